The van der Waals surface area contributed by atoms with Gasteiger partial charge in [0.15, 0.2) is 0 Å². The van der Waals surface area contributed by atoms with Crippen LogP contribution < -0.4 is 10.0 Å². The molecule has 0 saturated heterocycles. The van der Waals surface area contributed by atoms with Crippen LogP contribution in [0.3, 0.4) is 0 Å². The van der Waals surface area contributed by atoms with E-state index in [-0.39, 0.29) is 16.9 Å². The van der Waals surface area contributed by atoms with Crippen molar-refractivity contribution in [1.82, 2.24) is 14.7 Å². The Labute approximate surface area is 120 Å². The van der Waals surface area contributed by atoms with E-state index in [0.29, 0.717) is 19.2 Å². The molecule has 1 unspecified atom stereocenters. The van der Waals surface area contributed by atoms with Crippen molar-refractivity contribution in [3.63, 3.8) is 0 Å². The van der Waals surface area contributed by atoms with Gasteiger partial charge in [-0.25, -0.2) is 23.1 Å². The Morgan fingerprint density at radius 3 is 2.35 bits per heavy atom. The monoisotopic (exact) mass is 302 g/mol. The van der Waals surface area contributed by atoms with Crippen molar-refractivity contribution in [3.8, 4) is 0 Å². The second kappa shape index (κ2) is 7.51. The van der Waals surface area contributed by atoms with Gasteiger partial charge >= 0.3 is 0 Å². The average Bonchev–Trinajstić information content (AvgIpc) is 2.43. The Morgan fingerprint density at radius 2 is 1.90 bits per heavy atom. The van der Waals surface area contributed by atoms with Crippen LogP contribution in [0, 0.1) is 5.92 Å². The number of hydrogen-bond acceptors (Lipinski definition) is 6. The fourth-order valence-corrected chi connectivity index (χ4v) is 2.72. The summed E-state index contributed by atoms with van der Waals surface area (Å²) in [5.74, 6) is 0.493. The Bertz CT molecular complexity index is 502. The minimum absolute atomic E-state index is 0.0404. The van der Waals surface area contributed by atoms with E-state index >= 15 is 0 Å². The predicted octanol–water partition coefficient (Wildman–Crippen LogP) is 0.858. The molecule has 0 spiro atoms. The van der Waals surface area contributed by atoms with Crippen LogP contribution in [0.2, 0.25) is 0 Å². The molecule has 20 heavy (non-hydrogen) atoms. The molecule has 0 bridgehead atoms. The molecule has 1 aromatic heterocycles. The highest BCUT2D eigenvalue weighted by atomic mass is 32.2. The van der Waals surface area contributed by atoms with Crippen LogP contribution in [0.1, 0.15) is 20.8 Å². The third kappa shape index (κ3) is 4.69. The molecule has 7 nitrogen and oxygen atoms in total. The van der Waals surface area contributed by atoms with Crippen molar-refractivity contribution in [2.75, 3.05) is 25.6 Å². The zero-order chi connectivity index (χ0) is 15.2. The first-order valence-electron chi connectivity index (χ1n) is 6.50. The van der Waals surface area contributed by atoms with Gasteiger partial charge in [0, 0.05) is 19.7 Å². The van der Waals surface area contributed by atoms with Crippen molar-refractivity contribution in [1.29, 1.82) is 0 Å². The molecule has 1 heterocycles. The van der Waals surface area contributed by atoms with Crippen molar-refractivity contribution >= 4 is 16.0 Å². The van der Waals surface area contributed by atoms with Crippen LogP contribution in [-0.2, 0) is 14.8 Å². The number of nitrogens with one attached hydrogen (secondary N) is 2. The van der Waals surface area contributed by atoms with E-state index < -0.39 is 10.0 Å². The second-order valence-electron chi connectivity index (χ2n) is 4.62. The summed E-state index contributed by atoms with van der Waals surface area (Å²) in [5, 5.41) is 2.74. The molecule has 0 saturated carbocycles. The van der Waals surface area contributed by atoms with Crippen molar-refractivity contribution in [3.05, 3.63) is 12.4 Å². The zero-order valence-electron chi connectivity index (χ0n) is 12.3. The lowest BCUT2D eigenvalue weighted by atomic mass is 10.1. The first kappa shape index (κ1) is 16.8. The van der Waals surface area contributed by atoms with E-state index in [1.165, 1.54) is 12.4 Å². The predicted molar refractivity (Wildman–Crippen MR) is 77.0 cm³/mol. The highest BCUT2D eigenvalue weighted by Crippen LogP contribution is 2.11. The van der Waals surface area contributed by atoms with Gasteiger partial charge in [-0.3, -0.25) is 0 Å². The standard InChI is InChI=1S/C12H22N4O3S/c1-5-19-8-11(9(2)3)16-20(17,18)10-6-14-12(13-4)15-7-10/h6-7,9,11,16H,5,8H2,1-4H3,(H,13,14,15). The zero-order valence-corrected chi connectivity index (χ0v) is 13.1. The maximum atomic E-state index is 12.2. The minimum Gasteiger partial charge on any atom is -0.380 e. The third-order valence-electron chi connectivity index (χ3n) is 2.77. The Hall–Kier alpha value is -1.25. The van der Waals surface area contributed by atoms with Crippen LogP contribution in [0.5, 0.6) is 0 Å². The molecule has 2 N–H and O–H groups in total. The van der Waals surface area contributed by atoms with Gasteiger partial charge in [-0.15, -0.1) is 0 Å². The summed E-state index contributed by atoms with van der Waals surface area (Å²) in [6.07, 6.45) is 2.55. The first-order chi connectivity index (χ1) is 9.40. The van der Waals surface area contributed by atoms with Gasteiger partial charge in [0.1, 0.15) is 4.90 Å². The van der Waals surface area contributed by atoms with Crippen LogP contribution >= 0.6 is 0 Å². The maximum Gasteiger partial charge on any atom is 0.243 e. The summed E-state index contributed by atoms with van der Waals surface area (Å²) in [4.78, 5) is 7.85. The van der Waals surface area contributed by atoms with Crippen LogP contribution in [-0.4, -0.2) is 44.7 Å². The van der Waals surface area contributed by atoms with Gasteiger partial charge in [-0.1, -0.05) is 13.8 Å². The highest BCUT2D eigenvalue weighted by Gasteiger charge is 2.23. The Kier molecular flexibility index (Phi) is 6.31. The molecule has 1 atom stereocenters. The van der Waals surface area contributed by atoms with E-state index in [1.807, 2.05) is 20.8 Å². The fraction of sp³-hybridized carbons (Fsp3) is 0.667. The second-order valence-corrected chi connectivity index (χ2v) is 6.34. The topological polar surface area (TPSA) is 93.2 Å². The Balaban J connectivity index is 2.85. The molecule has 0 amide bonds. The van der Waals surface area contributed by atoms with Crippen LogP contribution in [0.4, 0.5) is 5.95 Å². The van der Waals surface area contributed by atoms with Crippen LogP contribution in [0.25, 0.3) is 0 Å². The number of aromatic nitrogens is 2. The number of anilines is 1. The summed E-state index contributed by atoms with van der Waals surface area (Å²) in [6.45, 7) is 6.63. The molecule has 8 heteroatoms. The van der Waals surface area contributed by atoms with Crippen molar-refractivity contribution in [2.45, 2.75) is 31.7 Å². The SMILES string of the molecule is CCOCC(NS(=O)(=O)c1cnc(NC)nc1)C(C)C. The Morgan fingerprint density at radius 1 is 1.30 bits per heavy atom. The molecular weight excluding hydrogens is 280 g/mol. The molecule has 0 aliphatic rings. The van der Waals surface area contributed by atoms with E-state index in [9.17, 15) is 8.42 Å². The van der Waals surface area contributed by atoms with E-state index in [1.54, 1.807) is 7.05 Å². The van der Waals surface area contributed by atoms with Gasteiger partial charge in [-0.2, -0.15) is 0 Å². The van der Waals surface area contributed by atoms with E-state index in [2.05, 4.69) is 20.0 Å². The smallest absolute Gasteiger partial charge is 0.243 e. The molecule has 0 aliphatic heterocycles. The number of hydrogen-bond donors (Lipinski definition) is 2. The number of nitrogens with zero attached hydrogens (tertiary/aromatic N) is 2. The molecule has 0 aromatic carbocycles. The van der Waals surface area contributed by atoms with Gasteiger partial charge in [0.25, 0.3) is 0 Å². The quantitative estimate of drug-likeness (QED) is 0.740. The fourth-order valence-electron chi connectivity index (χ4n) is 1.46. The minimum atomic E-state index is -3.64. The van der Waals surface area contributed by atoms with Gasteiger partial charge in [0.05, 0.1) is 19.0 Å². The van der Waals surface area contributed by atoms with Gasteiger partial charge < -0.3 is 10.1 Å². The summed E-state index contributed by atoms with van der Waals surface area (Å²) in [7, 11) is -1.98. The lowest BCUT2D eigenvalue weighted by Crippen LogP contribution is -2.41. The third-order valence-corrected chi connectivity index (χ3v) is 4.22. The molecule has 1 rings (SSSR count). The van der Waals surface area contributed by atoms with Gasteiger partial charge in [0.2, 0.25) is 16.0 Å². The molecule has 0 radical (unpaired) electrons. The summed E-state index contributed by atoms with van der Waals surface area (Å²) in [5.41, 5.74) is 0. The molecule has 114 valence electrons. The van der Waals surface area contributed by atoms with Gasteiger partial charge in [-0.05, 0) is 12.8 Å². The molecular formula is C12H22N4O3S. The van der Waals surface area contributed by atoms with Crippen LogP contribution in [0.15, 0.2) is 17.3 Å². The summed E-state index contributed by atoms with van der Waals surface area (Å²) >= 11 is 0. The molecule has 1 aromatic rings. The first-order valence-corrected chi connectivity index (χ1v) is 7.99. The van der Waals surface area contributed by atoms with E-state index in [0.717, 1.165) is 0 Å². The average molecular weight is 302 g/mol. The maximum absolute atomic E-state index is 12.2. The summed E-state index contributed by atoms with van der Waals surface area (Å²) in [6, 6.07) is -0.288. The number of rotatable bonds is 8. The largest absolute Gasteiger partial charge is 0.380 e. The lowest BCUT2D eigenvalue weighted by molar-refractivity contribution is 0.116. The number of sulfonamides is 1. The van der Waals surface area contributed by atoms with E-state index in [4.69, 9.17) is 4.74 Å². The lowest BCUT2D eigenvalue weighted by Gasteiger charge is -2.21. The van der Waals surface area contributed by atoms with Crippen molar-refractivity contribution in [2.24, 2.45) is 5.92 Å². The normalized spacial score (nSPS) is 13.4. The van der Waals surface area contributed by atoms with Crippen molar-refractivity contribution < 1.29 is 13.2 Å². The molecule has 0 aliphatic carbocycles. The number of ether oxygens (including phenoxy) is 1. The summed E-state index contributed by atoms with van der Waals surface area (Å²) < 4.78 is 32.4. The molecule has 0 fully saturated rings. The highest BCUT2D eigenvalue weighted by molar-refractivity contribution is 7.89.